The molecule has 1 N–H and O–H groups in total. The van der Waals surface area contributed by atoms with E-state index in [1.807, 2.05) is 0 Å². The van der Waals surface area contributed by atoms with Crippen LogP contribution < -0.4 is 5.32 Å². The summed E-state index contributed by atoms with van der Waals surface area (Å²) in [5.74, 6) is 0.714. The summed E-state index contributed by atoms with van der Waals surface area (Å²) in [6.07, 6.45) is 2.53. The fourth-order valence-electron chi connectivity index (χ4n) is 2.20. The van der Waals surface area contributed by atoms with Crippen molar-refractivity contribution in [2.45, 2.75) is 19.8 Å². The van der Waals surface area contributed by atoms with Gasteiger partial charge in [-0.3, -0.25) is 0 Å². The minimum absolute atomic E-state index is 0.714. The predicted octanol–water partition coefficient (Wildman–Crippen LogP) is 1.51. The third-order valence-electron chi connectivity index (χ3n) is 2.94. The number of nitrogens with zero attached hydrogens (tertiary/aromatic N) is 1. The van der Waals surface area contributed by atoms with Gasteiger partial charge in [0.05, 0.1) is 6.61 Å². The lowest BCUT2D eigenvalue weighted by Crippen LogP contribution is -2.33. The van der Waals surface area contributed by atoms with E-state index in [4.69, 9.17) is 4.74 Å². The van der Waals surface area contributed by atoms with Gasteiger partial charge in [0.2, 0.25) is 0 Å². The molecule has 1 aliphatic rings. The van der Waals surface area contributed by atoms with Crippen LogP contribution in [0.4, 0.5) is 0 Å². The molecular weight excluding hydrogens is 200 g/mol. The first kappa shape index (κ1) is 13.7. The minimum atomic E-state index is 0.714. The SMILES string of the molecule is C=C(CNCC)CN(C)CC1CCCOC1. The minimum Gasteiger partial charge on any atom is -0.381 e. The second kappa shape index (κ2) is 7.82. The lowest BCUT2D eigenvalue weighted by atomic mass is 10.0. The normalized spacial score (nSPS) is 21.3. The molecule has 1 atom stereocenters. The van der Waals surface area contributed by atoms with E-state index >= 15 is 0 Å². The van der Waals surface area contributed by atoms with Gasteiger partial charge >= 0.3 is 0 Å². The largest absolute Gasteiger partial charge is 0.381 e. The van der Waals surface area contributed by atoms with E-state index in [2.05, 4.69) is 30.8 Å². The van der Waals surface area contributed by atoms with Crippen molar-refractivity contribution >= 4 is 0 Å². The van der Waals surface area contributed by atoms with Gasteiger partial charge in [-0.1, -0.05) is 13.5 Å². The van der Waals surface area contributed by atoms with E-state index < -0.39 is 0 Å². The molecule has 0 aromatic carbocycles. The molecule has 1 saturated heterocycles. The van der Waals surface area contributed by atoms with Crippen LogP contribution >= 0.6 is 0 Å². The Morgan fingerprint density at radius 3 is 3.00 bits per heavy atom. The van der Waals surface area contributed by atoms with Crippen molar-refractivity contribution < 1.29 is 4.74 Å². The van der Waals surface area contributed by atoms with Gasteiger partial charge in [-0.25, -0.2) is 0 Å². The molecule has 1 rings (SSSR count). The Balaban J connectivity index is 2.13. The van der Waals surface area contributed by atoms with Crippen molar-refractivity contribution in [3.05, 3.63) is 12.2 Å². The van der Waals surface area contributed by atoms with E-state index in [1.54, 1.807) is 0 Å². The number of likely N-dealkylation sites (N-methyl/N-ethyl adjacent to an activating group) is 2. The Morgan fingerprint density at radius 1 is 1.56 bits per heavy atom. The van der Waals surface area contributed by atoms with Gasteiger partial charge in [-0.2, -0.15) is 0 Å². The van der Waals surface area contributed by atoms with Crippen molar-refractivity contribution in [1.82, 2.24) is 10.2 Å². The molecule has 0 aliphatic carbocycles. The highest BCUT2D eigenvalue weighted by atomic mass is 16.5. The zero-order valence-corrected chi connectivity index (χ0v) is 10.8. The van der Waals surface area contributed by atoms with Crippen molar-refractivity contribution in [3.63, 3.8) is 0 Å². The van der Waals surface area contributed by atoms with Crippen LogP contribution in [0.5, 0.6) is 0 Å². The summed E-state index contributed by atoms with van der Waals surface area (Å²) in [6.45, 7) is 12.2. The molecule has 0 aromatic rings. The van der Waals surface area contributed by atoms with Crippen molar-refractivity contribution in [2.24, 2.45) is 5.92 Å². The number of ether oxygens (including phenoxy) is 1. The number of rotatable bonds is 7. The van der Waals surface area contributed by atoms with E-state index in [0.717, 1.165) is 39.4 Å². The summed E-state index contributed by atoms with van der Waals surface area (Å²) < 4.78 is 5.49. The summed E-state index contributed by atoms with van der Waals surface area (Å²) in [4.78, 5) is 2.36. The van der Waals surface area contributed by atoms with Crippen LogP contribution in [0.3, 0.4) is 0 Å². The first-order valence-electron chi connectivity index (χ1n) is 6.36. The van der Waals surface area contributed by atoms with Crippen LogP contribution in [0.1, 0.15) is 19.8 Å². The molecule has 1 unspecified atom stereocenters. The number of hydrogen-bond acceptors (Lipinski definition) is 3. The lowest BCUT2D eigenvalue weighted by molar-refractivity contribution is 0.0431. The highest BCUT2D eigenvalue weighted by molar-refractivity contribution is 4.99. The van der Waals surface area contributed by atoms with E-state index in [-0.39, 0.29) is 0 Å². The van der Waals surface area contributed by atoms with Crippen molar-refractivity contribution in [3.8, 4) is 0 Å². The third kappa shape index (κ3) is 5.64. The zero-order valence-electron chi connectivity index (χ0n) is 10.8. The molecule has 16 heavy (non-hydrogen) atoms. The van der Waals surface area contributed by atoms with E-state index in [0.29, 0.717) is 5.92 Å². The highest BCUT2D eigenvalue weighted by Gasteiger charge is 2.15. The predicted molar refractivity (Wildman–Crippen MR) is 68.7 cm³/mol. The fraction of sp³-hybridized carbons (Fsp3) is 0.846. The molecule has 0 spiro atoms. The van der Waals surface area contributed by atoms with E-state index in [1.165, 1.54) is 18.4 Å². The average Bonchev–Trinajstić information content (AvgIpc) is 2.27. The van der Waals surface area contributed by atoms with Crippen LogP contribution in [-0.4, -0.2) is 51.3 Å². The summed E-state index contributed by atoms with van der Waals surface area (Å²) in [5.41, 5.74) is 1.26. The fourth-order valence-corrected chi connectivity index (χ4v) is 2.20. The second-order valence-electron chi connectivity index (χ2n) is 4.81. The van der Waals surface area contributed by atoms with Crippen LogP contribution in [0.2, 0.25) is 0 Å². The standard InChI is InChI=1S/C13H26N2O/c1-4-14-8-12(2)9-15(3)10-13-6-5-7-16-11-13/h13-14H,2,4-11H2,1,3H3. The Kier molecular flexibility index (Phi) is 6.69. The van der Waals surface area contributed by atoms with Crippen molar-refractivity contribution in [1.29, 1.82) is 0 Å². The highest BCUT2D eigenvalue weighted by Crippen LogP contribution is 2.14. The molecule has 94 valence electrons. The Hall–Kier alpha value is -0.380. The van der Waals surface area contributed by atoms with Gasteiger partial charge < -0.3 is 15.0 Å². The van der Waals surface area contributed by atoms with E-state index in [9.17, 15) is 0 Å². The first-order valence-corrected chi connectivity index (χ1v) is 6.36. The second-order valence-corrected chi connectivity index (χ2v) is 4.81. The zero-order chi connectivity index (χ0) is 11.8. The molecule has 3 nitrogen and oxygen atoms in total. The molecule has 0 amide bonds. The molecule has 1 aliphatic heterocycles. The Labute approximate surface area is 99.8 Å². The van der Waals surface area contributed by atoms with Crippen LogP contribution in [-0.2, 0) is 4.74 Å². The van der Waals surface area contributed by atoms with Crippen LogP contribution in [0.25, 0.3) is 0 Å². The van der Waals surface area contributed by atoms with Crippen LogP contribution in [0, 0.1) is 5.92 Å². The van der Waals surface area contributed by atoms with Gasteiger partial charge in [0, 0.05) is 26.2 Å². The summed E-state index contributed by atoms with van der Waals surface area (Å²) in [7, 11) is 2.17. The molecule has 0 aromatic heterocycles. The first-order chi connectivity index (χ1) is 7.72. The number of hydrogen-bond donors (Lipinski definition) is 1. The molecular formula is C13H26N2O. The number of nitrogens with one attached hydrogen (secondary N) is 1. The Morgan fingerprint density at radius 2 is 2.38 bits per heavy atom. The molecule has 0 bridgehead atoms. The van der Waals surface area contributed by atoms with Crippen molar-refractivity contribution in [2.75, 3.05) is 46.4 Å². The maximum atomic E-state index is 5.49. The van der Waals surface area contributed by atoms with Gasteiger partial charge in [-0.15, -0.1) is 0 Å². The quantitative estimate of drug-likeness (QED) is 0.666. The van der Waals surface area contributed by atoms with Gasteiger partial charge in [0.15, 0.2) is 0 Å². The molecule has 3 heteroatoms. The topological polar surface area (TPSA) is 24.5 Å². The average molecular weight is 226 g/mol. The van der Waals surface area contributed by atoms with Crippen LogP contribution in [0.15, 0.2) is 12.2 Å². The summed E-state index contributed by atoms with van der Waals surface area (Å²) in [6, 6.07) is 0. The maximum Gasteiger partial charge on any atom is 0.0506 e. The van der Waals surface area contributed by atoms with Gasteiger partial charge in [0.1, 0.15) is 0 Å². The summed E-state index contributed by atoms with van der Waals surface area (Å²) >= 11 is 0. The monoisotopic (exact) mass is 226 g/mol. The molecule has 1 heterocycles. The lowest BCUT2D eigenvalue weighted by Gasteiger charge is -2.27. The molecule has 0 radical (unpaired) electrons. The Bertz CT molecular complexity index is 200. The molecule has 1 fully saturated rings. The molecule has 0 saturated carbocycles. The third-order valence-corrected chi connectivity index (χ3v) is 2.94. The maximum absolute atomic E-state index is 5.49. The van der Waals surface area contributed by atoms with Gasteiger partial charge in [-0.05, 0) is 37.9 Å². The summed E-state index contributed by atoms with van der Waals surface area (Å²) in [5, 5.41) is 3.31. The smallest absolute Gasteiger partial charge is 0.0506 e. The van der Waals surface area contributed by atoms with Gasteiger partial charge in [0.25, 0.3) is 0 Å².